The molecule has 55 heavy (non-hydrogen) atoms. The summed E-state index contributed by atoms with van der Waals surface area (Å²) in [6, 6.07) is 56.8. The van der Waals surface area contributed by atoms with Gasteiger partial charge in [0.25, 0.3) is 0 Å². The minimum atomic E-state index is 0.604. The third-order valence-corrected chi connectivity index (χ3v) is 10.8. The number of rotatable bonds is 5. The molecule has 9 aromatic rings. The van der Waals surface area contributed by atoms with Crippen LogP contribution in [0.4, 0.5) is 0 Å². The van der Waals surface area contributed by atoms with Gasteiger partial charge in [0.15, 0.2) is 0 Å². The van der Waals surface area contributed by atoms with Crippen LogP contribution < -0.4 is 0 Å². The summed E-state index contributed by atoms with van der Waals surface area (Å²) in [5.41, 5.74) is 15.9. The lowest BCUT2D eigenvalue weighted by Crippen LogP contribution is -2.05. The minimum Gasteiger partial charge on any atom is -0.456 e. The van der Waals surface area contributed by atoms with Crippen LogP contribution in [0.1, 0.15) is 42.0 Å². The maximum Gasteiger partial charge on any atom is 0.135 e. The lowest BCUT2D eigenvalue weighted by Gasteiger charge is -2.19. The molecule has 0 unspecified atom stereocenters. The van der Waals surface area contributed by atoms with Gasteiger partial charge in [0.05, 0.1) is 17.3 Å². The van der Waals surface area contributed by atoms with Crippen molar-refractivity contribution in [2.45, 2.75) is 19.8 Å². The van der Waals surface area contributed by atoms with Crippen molar-refractivity contribution in [1.82, 2.24) is 0 Å². The van der Waals surface area contributed by atoms with Gasteiger partial charge in [0.2, 0.25) is 0 Å². The number of aliphatic imine (C=N–C) groups is 1. The Hall–Kier alpha value is -7.22. The predicted molar refractivity (Wildman–Crippen MR) is 226 cm³/mol. The zero-order valence-electron chi connectivity index (χ0n) is 30.2. The Morgan fingerprint density at radius 3 is 1.67 bits per heavy atom. The van der Waals surface area contributed by atoms with Crippen molar-refractivity contribution in [3.63, 3.8) is 0 Å². The molecule has 0 saturated carbocycles. The standard InChI is InChI=1S/C51H34N2O2/c1-32-18-21-46(34-11-3-2-4-12-34)53-47(37-13-9-10-33(24-37)31-52)30-43(32)40-26-38(35-19-22-50-44(28-35)41-14-5-7-16-48(41)54-50)25-39(27-40)36-20-23-51-45(29-36)42-15-6-8-17-49(42)55-51/h2-17,19-20,22-30H,18,21H2,1H3. The Bertz CT molecular complexity index is 2980. The molecule has 0 radical (unpaired) electrons. The van der Waals surface area contributed by atoms with Crippen LogP contribution in [-0.4, -0.2) is 5.71 Å². The van der Waals surface area contributed by atoms with Gasteiger partial charge in [-0.3, -0.25) is 4.99 Å². The van der Waals surface area contributed by atoms with E-state index >= 15 is 0 Å². The Morgan fingerprint density at radius 2 is 1.04 bits per heavy atom. The van der Waals surface area contributed by atoms with E-state index in [-0.39, 0.29) is 0 Å². The quantitative estimate of drug-likeness (QED) is 0.179. The Labute approximate surface area is 318 Å². The number of benzene rings is 7. The van der Waals surface area contributed by atoms with Crippen LogP contribution in [0, 0.1) is 11.3 Å². The van der Waals surface area contributed by atoms with Gasteiger partial charge in [-0.1, -0.05) is 96.6 Å². The molecule has 0 fully saturated rings. The normalized spacial score (nSPS) is 13.5. The van der Waals surface area contributed by atoms with Crippen LogP contribution in [0.3, 0.4) is 0 Å². The zero-order chi connectivity index (χ0) is 36.9. The number of para-hydroxylation sites is 2. The molecule has 0 amide bonds. The summed E-state index contributed by atoms with van der Waals surface area (Å²) in [6.07, 6.45) is 3.86. The van der Waals surface area contributed by atoms with E-state index in [4.69, 9.17) is 13.8 Å². The van der Waals surface area contributed by atoms with Crippen molar-refractivity contribution in [3.05, 3.63) is 192 Å². The van der Waals surface area contributed by atoms with E-state index < -0.39 is 0 Å². The topological polar surface area (TPSA) is 62.4 Å². The van der Waals surface area contributed by atoms with Crippen LogP contribution in [0.25, 0.3) is 77.4 Å². The smallest absolute Gasteiger partial charge is 0.135 e. The second-order valence-corrected chi connectivity index (χ2v) is 14.3. The highest BCUT2D eigenvalue weighted by atomic mass is 16.3. The number of hydrogen-bond acceptors (Lipinski definition) is 4. The van der Waals surface area contributed by atoms with E-state index in [9.17, 15) is 5.26 Å². The highest BCUT2D eigenvalue weighted by Gasteiger charge is 2.18. The first-order chi connectivity index (χ1) is 27.1. The van der Waals surface area contributed by atoms with Gasteiger partial charge < -0.3 is 8.83 Å². The van der Waals surface area contributed by atoms with Gasteiger partial charge in [-0.2, -0.15) is 5.26 Å². The summed E-state index contributed by atoms with van der Waals surface area (Å²) in [5.74, 6) is 0. The molecule has 0 atom stereocenters. The summed E-state index contributed by atoms with van der Waals surface area (Å²) in [5, 5.41) is 14.2. The number of fused-ring (bicyclic) bond motifs is 6. The van der Waals surface area contributed by atoms with Crippen LogP contribution in [0.15, 0.2) is 183 Å². The van der Waals surface area contributed by atoms with Gasteiger partial charge in [0, 0.05) is 32.8 Å². The second-order valence-electron chi connectivity index (χ2n) is 14.3. The van der Waals surface area contributed by atoms with Crippen LogP contribution >= 0.6 is 0 Å². The first kappa shape index (κ1) is 32.4. The SMILES string of the molecule is CC1=C(c2cc(-c3ccc4oc5ccccc5c4c3)cc(-c3ccc4oc5ccccc5c4c3)c2)C=C(c2cccc(C#N)c2)N=C(c2ccccc2)CC1. The number of nitriles is 1. The molecule has 0 spiro atoms. The van der Waals surface area contributed by atoms with E-state index in [2.05, 4.69) is 122 Å². The highest BCUT2D eigenvalue weighted by molar-refractivity contribution is 6.08. The average molecular weight is 707 g/mol. The fraction of sp³-hybridized carbons (Fsp3) is 0.0588. The van der Waals surface area contributed by atoms with Crippen LogP contribution in [-0.2, 0) is 0 Å². The van der Waals surface area contributed by atoms with Crippen LogP contribution in [0.5, 0.6) is 0 Å². The van der Waals surface area contributed by atoms with Crippen molar-refractivity contribution < 1.29 is 8.83 Å². The Balaban J connectivity index is 1.20. The van der Waals surface area contributed by atoms with Gasteiger partial charge in [-0.15, -0.1) is 0 Å². The maximum atomic E-state index is 9.84. The number of nitrogens with zero attached hydrogens (tertiary/aromatic N) is 2. The lowest BCUT2D eigenvalue weighted by molar-refractivity contribution is 0.668. The second kappa shape index (κ2) is 13.3. The average Bonchev–Trinajstić information content (AvgIpc) is 3.80. The third kappa shape index (κ3) is 5.93. The third-order valence-electron chi connectivity index (χ3n) is 10.8. The Morgan fingerprint density at radius 1 is 0.473 bits per heavy atom. The van der Waals surface area contributed by atoms with Gasteiger partial charge in [0.1, 0.15) is 22.3 Å². The van der Waals surface area contributed by atoms with E-state index in [0.717, 1.165) is 113 Å². The molecule has 0 saturated heterocycles. The molecule has 260 valence electrons. The van der Waals surface area contributed by atoms with Crippen molar-refractivity contribution >= 4 is 60.9 Å². The number of allylic oxidation sites excluding steroid dienone is 3. The first-order valence-electron chi connectivity index (χ1n) is 18.6. The molecule has 4 nitrogen and oxygen atoms in total. The minimum absolute atomic E-state index is 0.604. The largest absolute Gasteiger partial charge is 0.456 e. The fourth-order valence-electron chi connectivity index (χ4n) is 7.93. The van der Waals surface area contributed by atoms with Crippen LogP contribution in [0.2, 0.25) is 0 Å². The first-order valence-corrected chi connectivity index (χ1v) is 18.6. The monoisotopic (exact) mass is 706 g/mol. The Kier molecular flexibility index (Phi) is 7.86. The van der Waals surface area contributed by atoms with Crippen molar-refractivity contribution in [2.24, 2.45) is 4.99 Å². The summed E-state index contributed by atoms with van der Waals surface area (Å²) in [7, 11) is 0. The maximum absolute atomic E-state index is 9.84. The molecule has 0 bridgehead atoms. The van der Waals surface area contributed by atoms with E-state index in [1.807, 2.05) is 54.6 Å². The van der Waals surface area contributed by atoms with Gasteiger partial charge in [-0.25, -0.2) is 0 Å². The predicted octanol–water partition coefficient (Wildman–Crippen LogP) is 13.8. The zero-order valence-corrected chi connectivity index (χ0v) is 30.2. The van der Waals surface area contributed by atoms with Crippen molar-refractivity contribution in [3.8, 4) is 28.3 Å². The molecule has 10 rings (SSSR count). The fourth-order valence-corrected chi connectivity index (χ4v) is 7.93. The molecule has 7 aromatic carbocycles. The number of furan rings is 2. The molecule has 1 aliphatic rings. The molecule has 2 aromatic heterocycles. The molecule has 0 aliphatic carbocycles. The lowest BCUT2D eigenvalue weighted by atomic mass is 9.88. The van der Waals surface area contributed by atoms with E-state index in [1.54, 1.807) is 0 Å². The molecule has 3 heterocycles. The highest BCUT2D eigenvalue weighted by Crippen LogP contribution is 2.40. The van der Waals surface area contributed by atoms with E-state index in [0.29, 0.717) is 5.56 Å². The van der Waals surface area contributed by atoms with Crippen molar-refractivity contribution in [2.75, 3.05) is 0 Å². The van der Waals surface area contributed by atoms with Gasteiger partial charge >= 0.3 is 0 Å². The molecular formula is C51H34N2O2. The summed E-state index contributed by atoms with van der Waals surface area (Å²) in [6.45, 7) is 2.24. The summed E-state index contributed by atoms with van der Waals surface area (Å²) in [4.78, 5) is 5.35. The van der Waals surface area contributed by atoms with E-state index in [1.165, 1.54) is 5.57 Å². The summed E-state index contributed by atoms with van der Waals surface area (Å²) >= 11 is 0. The molecule has 4 heteroatoms. The molecule has 0 N–H and O–H groups in total. The molecular weight excluding hydrogens is 673 g/mol. The molecule has 1 aliphatic heterocycles. The summed E-state index contributed by atoms with van der Waals surface area (Å²) < 4.78 is 12.4. The number of hydrogen-bond donors (Lipinski definition) is 0. The van der Waals surface area contributed by atoms with Crippen molar-refractivity contribution in [1.29, 1.82) is 5.26 Å². The van der Waals surface area contributed by atoms with Gasteiger partial charge in [-0.05, 0) is 132 Å².